The summed E-state index contributed by atoms with van der Waals surface area (Å²) in [6.07, 6.45) is -6.63. The summed E-state index contributed by atoms with van der Waals surface area (Å²) in [7, 11) is 0. The Labute approximate surface area is 138 Å². The smallest absolute Gasteiger partial charge is 0.419 e. The lowest BCUT2D eigenvalue weighted by atomic mass is 10.1. The number of benzene rings is 2. The molecule has 4 nitrogen and oxygen atoms in total. The topological polar surface area (TPSA) is 58.6 Å². The summed E-state index contributed by atoms with van der Waals surface area (Å²) in [5, 5.41) is 11.7. The number of hydrogen-bond acceptors (Lipinski definition) is 3. The summed E-state index contributed by atoms with van der Waals surface area (Å²) < 4.78 is 68.8. The monoisotopic (exact) mass is 361 g/mol. The maximum atomic E-state index is 13.2. The Morgan fingerprint density at radius 3 is 2.36 bits per heavy atom. The van der Waals surface area contributed by atoms with E-state index in [1.807, 2.05) is 5.32 Å². The third kappa shape index (κ3) is 5.15. The van der Waals surface area contributed by atoms with Crippen molar-refractivity contribution in [3.05, 3.63) is 59.7 Å². The fraction of sp³-hybridized carbons (Fsp3) is 0.188. The molecule has 0 spiro atoms. The van der Waals surface area contributed by atoms with E-state index in [1.165, 1.54) is 12.1 Å². The van der Waals surface area contributed by atoms with Gasteiger partial charge in [-0.2, -0.15) is 13.2 Å². The maximum absolute atomic E-state index is 13.2. The highest BCUT2D eigenvalue weighted by Gasteiger charge is 2.34. The molecule has 0 fully saturated rings. The van der Waals surface area contributed by atoms with Crippen LogP contribution in [0, 0.1) is 11.6 Å². The van der Waals surface area contributed by atoms with Gasteiger partial charge in [-0.1, -0.05) is 0 Å². The molecule has 0 radical (unpaired) electrons. The molecule has 0 aliphatic carbocycles. The summed E-state index contributed by atoms with van der Waals surface area (Å²) in [6, 6.07) is 6.67. The average molecular weight is 361 g/mol. The lowest BCUT2D eigenvalue weighted by Gasteiger charge is -2.14. The minimum Gasteiger partial charge on any atom is -0.490 e. The van der Waals surface area contributed by atoms with Crippen molar-refractivity contribution >= 4 is 11.6 Å². The number of carbonyl (C=O) groups excluding carboxylic acids is 1. The predicted octanol–water partition coefficient (Wildman–Crippen LogP) is 3.36. The number of aliphatic hydroxyl groups is 1. The van der Waals surface area contributed by atoms with Gasteiger partial charge in [-0.15, -0.1) is 0 Å². The molecule has 0 bridgehead atoms. The van der Waals surface area contributed by atoms with Gasteiger partial charge in [0.2, 0.25) is 0 Å². The molecule has 0 aromatic heterocycles. The lowest BCUT2D eigenvalue weighted by Crippen LogP contribution is -2.33. The van der Waals surface area contributed by atoms with Crippen molar-refractivity contribution in [1.82, 2.24) is 0 Å². The summed E-state index contributed by atoms with van der Waals surface area (Å²) >= 11 is 0. The summed E-state index contributed by atoms with van der Waals surface area (Å²) in [5.74, 6) is -2.83. The molecule has 0 saturated heterocycles. The van der Waals surface area contributed by atoms with E-state index in [2.05, 4.69) is 0 Å². The second kappa shape index (κ2) is 7.47. The van der Waals surface area contributed by atoms with E-state index in [1.54, 1.807) is 0 Å². The first-order chi connectivity index (χ1) is 11.7. The summed E-state index contributed by atoms with van der Waals surface area (Å²) in [4.78, 5) is 11.8. The van der Waals surface area contributed by atoms with Crippen LogP contribution in [0.5, 0.6) is 5.75 Å². The van der Waals surface area contributed by atoms with Crippen LogP contribution in [0.1, 0.15) is 5.56 Å². The van der Waals surface area contributed by atoms with Gasteiger partial charge >= 0.3 is 6.18 Å². The van der Waals surface area contributed by atoms with Crippen LogP contribution in [0.25, 0.3) is 0 Å². The van der Waals surface area contributed by atoms with E-state index in [4.69, 9.17) is 4.74 Å². The zero-order chi connectivity index (χ0) is 18.6. The highest BCUT2D eigenvalue weighted by Crippen LogP contribution is 2.33. The number of hydrogen-bond donors (Lipinski definition) is 2. The number of ether oxygens (including phenoxy) is 1. The van der Waals surface area contributed by atoms with Gasteiger partial charge in [0, 0.05) is 5.69 Å². The van der Waals surface area contributed by atoms with Gasteiger partial charge in [0.05, 0.1) is 5.56 Å². The Morgan fingerprint density at radius 1 is 1.12 bits per heavy atom. The second-order valence-electron chi connectivity index (χ2n) is 4.96. The van der Waals surface area contributed by atoms with Crippen LogP contribution >= 0.6 is 0 Å². The first-order valence-electron chi connectivity index (χ1n) is 6.91. The van der Waals surface area contributed by atoms with Crippen molar-refractivity contribution in [3.8, 4) is 5.75 Å². The minimum absolute atomic E-state index is 0.189. The van der Waals surface area contributed by atoms with Gasteiger partial charge < -0.3 is 15.2 Å². The number of alkyl halides is 3. The highest BCUT2D eigenvalue weighted by atomic mass is 19.4. The van der Waals surface area contributed by atoms with Crippen molar-refractivity contribution in [2.75, 3.05) is 11.9 Å². The maximum Gasteiger partial charge on any atom is 0.419 e. The second-order valence-corrected chi connectivity index (χ2v) is 4.96. The van der Waals surface area contributed by atoms with E-state index in [9.17, 15) is 31.9 Å². The number of anilines is 1. The van der Waals surface area contributed by atoms with E-state index in [0.717, 1.165) is 18.2 Å². The van der Waals surface area contributed by atoms with E-state index >= 15 is 0 Å². The molecular weight excluding hydrogens is 349 g/mol. The fourth-order valence-electron chi connectivity index (χ4n) is 1.83. The SMILES string of the molecule is O=C(Nc1ccc(F)c(C(F)(F)F)c1)[C@@H](O)COc1ccc(F)cc1. The Balaban J connectivity index is 1.98. The van der Waals surface area contributed by atoms with Crippen molar-refractivity contribution < 1.29 is 36.6 Å². The van der Waals surface area contributed by atoms with Crippen LogP contribution in [0.4, 0.5) is 27.6 Å². The molecule has 9 heteroatoms. The molecule has 2 aromatic carbocycles. The van der Waals surface area contributed by atoms with Crippen LogP contribution in [-0.2, 0) is 11.0 Å². The standard InChI is InChI=1S/C16H12F5NO3/c17-9-1-4-11(5-2-9)25-8-14(23)15(24)22-10-3-6-13(18)12(7-10)16(19,20)21/h1-7,14,23H,8H2,(H,22,24)/t14-/m0/s1. The largest absolute Gasteiger partial charge is 0.490 e. The average Bonchev–Trinajstić information content (AvgIpc) is 2.54. The minimum atomic E-state index is -4.92. The van der Waals surface area contributed by atoms with Crippen LogP contribution < -0.4 is 10.1 Å². The van der Waals surface area contributed by atoms with Crippen LogP contribution in [-0.4, -0.2) is 23.7 Å². The van der Waals surface area contributed by atoms with Crippen LogP contribution in [0.15, 0.2) is 42.5 Å². The van der Waals surface area contributed by atoms with Gasteiger partial charge in [0.1, 0.15) is 24.0 Å². The zero-order valence-electron chi connectivity index (χ0n) is 12.5. The quantitative estimate of drug-likeness (QED) is 0.803. The Kier molecular flexibility index (Phi) is 5.58. The molecule has 0 saturated carbocycles. The molecule has 2 rings (SSSR count). The predicted molar refractivity (Wildman–Crippen MR) is 77.9 cm³/mol. The molecule has 25 heavy (non-hydrogen) atoms. The summed E-state index contributed by atoms with van der Waals surface area (Å²) in [5.41, 5.74) is -1.87. The van der Waals surface area contributed by atoms with E-state index in [-0.39, 0.29) is 11.4 Å². The third-order valence-corrected chi connectivity index (χ3v) is 3.06. The van der Waals surface area contributed by atoms with Crippen molar-refractivity contribution in [1.29, 1.82) is 0 Å². The number of aliphatic hydroxyl groups excluding tert-OH is 1. The van der Waals surface area contributed by atoms with Gasteiger partial charge in [-0.25, -0.2) is 8.78 Å². The molecule has 0 heterocycles. The number of nitrogens with one attached hydrogen (secondary N) is 1. The highest BCUT2D eigenvalue weighted by molar-refractivity contribution is 5.94. The van der Waals surface area contributed by atoms with E-state index < -0.39 is 42.0 Å². The normalized spacial score (nSPS) is 12.6. The number of amides is 1. The molecule has 134 valence electrons. The van der Waals surface area contributed by atoms with Gasteiger partial charge in [-0.3, -0.25) is 4.79 Å². The molecule has 1 amide bonds. The van der Waals surface area contributed by atoms with Gasteiger partial charge in [-0.05, 0) is 42.5 Å². The molecule has 2 N–H and O–H groups in total. The van der Waals surface area contributed by atoms with Crippen molar-refractivity contribution in [3.63, 3.8) is 0 Å². The van der Waals surface area contributed by atoms with E-state index in [0.29, 0.717) is 12.1 Å². The molecule has 1 atom stereocenters. The number of rotatable bonds is 5. The molecular formula is C16H12F5NO3. The number of halogens is 5. The van der Waals surface area contributed by atoms with Crippen LogP contribution in [0.2, 0.25) is 0 Å². The first kappa shape index (κ1) is 18.7. The lowest BCUT2D eigenvalue weighted by molar-refractivity contribution is -0.140. The fourth-order valence-corrected chi connectivity index (χ4v) is 1.83. The van der Waals surface area contributed by atoms with Crippen molar-refractivity contribution in [2.45, 2.75) is 12.3 Å². The van der Waals surface area contributed by atoms with Gasteiger partial charge in [0.25, 0.3) is 5.91 Å². The molecule has 2 aromatic rings. The Bertz CT molecular complexity index is 746. The third-order valence-electron chi connectivity index (χ3n) is 3.06. The van der Waals surface area contributed by atoms with Crippen LogP contribution in [0.3, 0.4) is 0 Å². The van der Waals surface area contributed by atoms with Gasteiger partial charge in [0.15, 0.2) is 6.10 Å². The zero-order valence-corrected chi connectivity index (χ0v) is 12.5. The summed E-state index contributed by atoms with van der Waals surface area (Å²) in [6.45, 7) is -0.509. The Hall–Kier alpha value is -2.68. The molecule has 0 aliphatic rings. The molecule has 0 aliphatic heterocycles. The Morgan fingerprint density at radius 2 is 1.76 bits per heavy atom. The molecule has 0 unspecified atom stereocenters. The number of carbonyl (C=O) groups is 1. The first-order valence-corrected chi connectivity index (χ1v) is 6.91. The van der Waals surface area contributed by atoms with Crippen molar-refractivity contribution in [2.24, 2.45) is 0 Å².